The number of nitrogens with one attached hydrogen (secondary N) is 2. The van der Waals surface area contributed by atoms with Gasteiger partial charge in [-0.1, -0.05) is 15.9 Å². The molecular weight excluding hydrogens is 342 g/mol. The van der Waals surface area contributed by atoms with E-state index in [2.05, 4.69) is 49.4 Å². The number of hydrogen-bond donors (Lipinski definition) is 2. The molecule has 1 aliphatic carbocycles. The van der Waals surface area contributed by atoms with Crippen molar-refractivity contribution in [3.63, 3.8) is 0 Å². The molecule has 114 valence electrons. The van der Waals surface area contributed by atoms with Gasteiger partial charge in [-0.05, 0) is 37.5 Å². The zero-order chi connectivity index (χ0) is 15.1. The SMILES string of the molecule is CN(/N=C1\CCCc2[nH]c3ccc(Br)cc3c21)C1=NCCN1. The van der Waals surface area contributed by atoms with Gasteiger partial charge in [0.25, 0.3) is 0 Å². The zero-order valence-electron chi connectivity index (χ0n) is 12.5. The summed E-state index contributed by atoms with van der Waals surface area (Å²) >= 11 is 3.58. The minimum atomic E-state index is 0.829. The highest BCUT2D eigenvalue weighted by Crippen LogP contribution is 2.31. The Morgan fingerprint density at radius 1 is 1.32 bits per heavy atom. The molecular formula is C16H18BrN5. The first-order chi connectivity index (χ1) is 10.7. The Labute approximate surface area is 137 Å². The van der Waals surface area contributed by atoms with Crippen LogP contribution >= 0.6 is 15.9 Å². The maximum atomic E-state index is 4.83. The Morgan fingerprint density at radius 2 is 2.23 bits per heavy atom. The van der Waals surface area contributed by atoms with Crippen molar-refractivity contribution in [3.8, 4) is 0 Å². The van der Waals surface area contributed by atoms with Crippen LogP contribution in [0, 0.1) is 0 Å². The minimum absolute atomic E-state index is 0.829. The Balaban J connectivity index is 1.80. The van der Waals surface area contributed by atoms with Crippen molar-refractivity contribution in [2.75, 3.05) is 20.1 Å². The van der Waals surface area contributed by atoms with Crippen LogP contribution in [0.25, 0.3) is 10.9 Å². The molecule has 2 aliphatic rings. The van der Waals surface area contributed by atoms with E-state index < -0.39 is 0 Å². The summed E-state index contributed by atoms with van der Waals surface area (Å²) in [6.07, 6.45) is 3.22. The molecule has 2 N–H and O–H groups in total. The van der Waals surface area contributed by atoms with Crippen LogP contribution in [0.5, 0.6) is 0 Å². The lowest BCUT2D eigenvalue weighted by Crippen LogP contribution is -2.33. The maximum absolute atomic E-state index is 4.83. The van der Waals surface area contributed by atoms with Crippen LogP contribution in [0.4, 0.5) is 0 Å². The van der Waals surface area contributed by atoms with Gasteiger partial charge in [-0.3, -0.25) is 0 Å². The van der Waals surface area contributed by atoms with Crippen molar-refractivity contribution < 1.29 is 0 Å². The molecule has 0 saturated heterocycles. The predicted molar refractivity (Wildman–Crippen MR) is 93.5 cm³/mol. The predicted octanol–water partition coefficient (Wildman–Crippen LogP) is 2.86. The fourth-order valence-electron chi connectivity index (χ4n) is 3.23. The summed E-state index contributed by atoms with van der Waals surface area (Å²) in [6, 6.07) is 6.38. The van der Waals surface area contributed by atoms with Gasteiger partial charge in [0.1, 0.15) is 0 Å². The lowest BCUT2D eigenvalue weighted by molar-refractivity contribution is 0.524. The number of aliphatic imine (C=N–C) groups is 1. The summed E-state index contributed by atoms with van der Waals surface area (Å²) in [7, 11) is 1.96. The Bertz CT molecular complexity index is 789. The number of fused-ring (bicyclic) bond motifs is 3. The summed E-state index contributed by atoms with van der Waals surface area (Å²) in [6.45, 7) is 1.73. The molecule has 22 heavy (non-hydrogen) atoms. The van der Waals surface area contributed by atoms with Crippen LogP contribution in [0.2, 0.25) is 0 Å². The molecule has 0 bridgehead atoms. The number of hydrazone groups is 1. The smallest absolute Gasteiger partial charge is 0.214 e. The molecule has 0 fully saturated rings. The molecule has 1 aliphatic heterocycles. The monoisotopic (exact) mass is 359 g/mol. The number of halogens is 1. The molecule has 1 aromatic heterocycles. The minimum Gasteiger partial charge on any atom is -0.358 e. The Morgan fingerprint density at radius 3 is 3.05 bits per heavy atom. The van der Waals surface area contributed by atoms with Gasteiger partial charge < -0.3 is 10.3 Å². The van der Waals surface area contributed by atoms with Gasteiger partial charge in [-0.2, -0.15) is 5.10 Å². The normalized spacial score (nSPS) is 19.2. The molecule has 2 aromatic rings. The molecule has 0 atom stereocenters. The third-order valence-electron chi connectivity index (χ3n) is 4.20. The van der Waals surface area contributed by atoms with E-state index in [0.717, 1.165) is 48.5 Å². The number of rotatable bonds is 1. The number of aromatic amines is 1. The molecule has 4 rings (SSSR count). The van der Waals surface area contributed by atoms with Crippen LogP contribution in [0.3, 0.4) is 0 Å². The Kier molecular flexibility index (Phi) is 3.41. The molecule has 6 heteroatoms. The van der Waals surface area contributed by atoms with E-state index in [1.165, 1.54) is 22.2 Å². The van der Waals surface area contributed by atoms with Crippen molar-refractivity contribution in [3.05, 3.63) is 33.9 Å². The fraction of sp³-hybridized carbons (Fsp3) is 0.375. The van der Waals surface area contributed by atoms with Gasteiger partial charge >= 0.3 is 0 Å². The number of guanidine groups is 1. The first-order valence-corrected chi connectivity index (χ1v) is 8.41. The van der Waals surface area contributed by atoms with Gasteiger partial charge in [0.2, 0.25) is 5.96 Å². The molecule has 1 aromatic carbocycles. The standard InChI is InChI=1S/C16H18BrN5/c1-22(16-18-7-8-19-16)21-14-4-2-3-13-15(14)11-9-10(17)5-6-12(11)20-13/h5-6,9,20H,2-4,7-8H2,1H3,(H,18,19)/b21-14+. The number of benzene rings is 1. The highest BCUT2D eigenvalue weighted by molar-refractivity contribution is 9.10. The van der Waals surface area contributed by atoms with Crippen molar-refractivity contribution in [2.24, 2.45) is 10.1 Å². The van der Waals surface area contributed by atoms with Gasteiger partial charge in [-0.25, -0.2) is 10.0 Å². The van der Waals surface area contributed by atoms with Gasteiger partial charge in [0.15, 0.2) is 0 Å². The quantitative estimate of drug-likeness (QED) is 0.769. The van der Waals surface area contributed by atoms with Crippen LogP contribution in [0.15, 0.2) is 32.8 Å². The topological polar surface area (TPSA) is 55.8 Å². The molecule has 0 radical (unpaired) electrons. The number of H-pyrrole nitrogens is 1. The van der Waals surface area contributed by atoms with E-state index in [1.54, 1.807) is 0 Å². The lowest BCUT2D eigenvalue weighted by Gasteiger charge is -2.19. The fourth-order valence-corrected chi connectivity index (χ4v) is 3.59. The van der Waals surface area contributed by atoms with Crippen molar-refractivity contribution in [1.29, 1.82) is 0 Å². The second-order valence-corrected chi connectivity index (χ2v) is 6.64. The molecule has 0 spiro atoms. The lowest BCUT2D eigenvalue weighted by atomic mass is 9.93. The number of aromatic nitrogens is 1. The van der Waals surface area contributed by atoms with Crippen LogP contribution < -0.4 is 5.32 Å². The highest BCUT2D eigenvalue weighted by Gasteiger charge is 2.22. The van der Waals surface area contributed by atoms with Gasteiger partial charge in [-0.15, -0.1) is 0 Å². The molecule has 2 heterocycles. The molecule has 0 saturated carbocycles. The van der Waals surface area contributed by atoms with Crippen molar-refractivity contribution in [2.45, 2.75) is 19.3 Å². The Hall–Kier alpha value is -1.82. The van der Waals surface area contributed by atoms with Crippen LogP contribution in [-0.4, -0.2) is 41.8 Å². The van der Waals surface area contributed by atoms with Gasteiger partial charge in [0.05, 0.1) is 12.3 Å². The third-order valence-corrected chi connectivity index (χ3v) is 4.69. The summed E-state index contributed by atoms with van der Waals surface area (Å²) in [4.78, 5) is 7.98. The second-order valence-electron chi connectivity index (χ2n) is 5.72. The average Bonchev–Trinajstić information content (AvgIpc) is 3.14. The first kappa shape index (κ1) is 13.8. The molecule has 5 nitrogen and oxygen atoms in total. The van der Waals surface area contributed by atoms with E-state index >= 15 is 0 Å². The summed E-state index contributed by atoms with van der Waals surface area (Å²) < 4.78 is 1.10. The van der Waals surface area contributed by atoms with Crippen molar-refractivity contribution in [1.82, 2.24) is 15.3 Å². The number of aryl methyl sites for hydroxylation is 1. The maximum Gasteiger partial charge on any atom is 0.214 e. The number of hydrogen-bond acceptors (Lipinski definition) is 4. The summed E-state index contributed by atoms with van der Waals surface area (Å²) in [5.41, 5.74) is 4.90. The van der Waals surface area contributed by atoms with Crippen LogP contribution in [0.1, 0.15) is 24.1 Å². The third kappa shape index (κ3) is 2.31. The van der Waals surface area contributed by atoms with E-state index in [1.807, 2.05) is 12.1 Å². The van der Waals surface area contributed by atoms with E-state index in [9.17, 15) is 0 Å². The highest BCUT2D eigenvalue weighted by atomic mass is 79.9. The largest absolute Gasteiger partial charge is 0.358 e. The summed E-state index contributed by atoms with van der Waals surface area (Å²) in [5, 5.41) is 11.2. The van der Waals surface area contributed by atoms with E-state index in [-0.39, 0.29) is 0 Å². The van der Waals surface area contributed by atoms with Crippen molar-refractivity contribution >= 4 is 38.5 Å². The van der Waals surface area contributed by atoms with Crippen LogP contribution in [-0.2, 0) is 6.42 Å². The molecule has 0 unspecified atom stereocenters. The zero-order valence-corrected chi connectivity index (χ0v) is 14.1. The summed E-state index contributed by atoms with van der Waals surface area (Å²) in [5.74, 6) is 0.862. The average molecular weight is 360 g/mol. The van der Waals surface area contributed by atoms with E-state index in [4.69, 9.17) is 5.10 Å². The first-order valence-electron chi connectivity index (χ1n) is 7.62. The second kappa shape index (κ2) is 5.43. The van der Waals surface area contributed by atoms with E-state index in [0.29, 0.717) is 0 Å². The van der Waals surface area contributed by atoms with Gasteiger partial charge in [0, 0.05) is 40.2 Å². The number of nitrogens with zero attached hydrogens (tertiary/aromatic N) is 3. The molecule has 0 amide bonds.